The zero-order valence-electron chi connectivity index (χ0n) is 47.5. The average molecular weight is 976 g/mol. The predicted octanol–water partition coefficient (Wildman–Crippen LogP) is 20.8. The Kier molecular flexibility index (Phi) is 54.4. The quantitative estimate of drug-likeness (QED) is 0.0343. The molecule has 0 aliphatic heterocycles. The highest BCUT2D eigenvalue weighted by molar-refractivity contribution is 5.71. The van der Waals surface area contributed by atoms with Crippen LogP contribution in [0.1, 0.15) is 356 Å². The summed E-state index contributed by atoms with van der Waals surface area (Å²) in [6.45, 7) is 11.4. The van der Waals surface area contributed by atoms with Gasteiger partial charge in [-0.2, -0.15) is 0 Å². The first-order chi connectivity index (χ1) is 33.7. The Morgan fingerprint density at radius 3 is 0.710 bits per heavy atom. The van der Waals surface area contributed by atoms with Crippen molar-refractivity contribution >= 4 is 17.9 Å². The fraction of sp³-hybridized carbons (Fsp3) is 0.952. The predicted molar refractivity (Wildman–Crippen MR) is 298 cm³/mol. The third-order valence-electron chi connectivity index (χ3n) is 14.5. The van der Waals surface area contributed by atoms with Crippen LogP contribution in [0, 0.1) is 11.8 Å². The number of rotatable bonds is 57. The summed E-state index contributed by atoms with van der Waals surface area (Å²) in [6, 6.07) is 0. The summed E-state index contributed by atoms with van der Waals surface area (Å²) in [5.74, 6) is 0.844. The number of ether oxygens (including phenoxy) is 3. The minimum absolute atomic E-state index is 0.0621. The van der Waals surface area contributed by atoms with Crippen LogP contribution in [0.15, 0.2) is 0 Å². The average Bonchev–Trinajstić information content (AvgIpc) is 3.32. The normalized spacial score (nSPS) is 12.0. The van der Waals surface area contributed by atoms with Gasteiger partial charge in [0, 0.05) is 19.3 Å². The van der Waals surface area contributed by atoms with Gasteiger partial charge in [-0.05, 0) is 31.1 Å². The van der Waals surface area contributed by atoms with Gasteiger partial charge in [0.15, 0.2) is 6.10 Å². The summed E-state index contributed by atoms with van der Waals surface area (Å²) in [5, 5.41) is 0. The summed E-state index contributed by atoms with van der Waals surface area (Å²) < 4.78 is 16.9. The molecular formula is C63H122O6. The Balaban J connectivity index is 4.28. The van der Waals surface area contributed by atoms with E-state index < -0.39 is 6.10 Å². The van der Waals surface area contributed by atoms with Crippen molar-refractivity contribution in [2.24, 2.45) is 11.8 Å². The molecule has 0 heterocycles. The van der Waals surface area contributed by atoms with Crippen molar-refractivity contribution < 1.29 is 28.6 Å². The number of esters is 3. The molecule has 0 fully saturated rings. The van der Waals surface area contributed by atoms with Gasteiger partial charge in [0.1, 0.15) is 13.2 Å². The third kappa shape index (κ3) is 57.2. The Bertz CT molecular complexity index is 1060. The first-order valence-corrected chi connectivity index (χ1v) is 31.2. The highest BCUT2D eigenvalue weighted by Crippen LogP contribution is 2.19. The summed E-state index contributed by atoms with van der Waals surface area (Å²) in [6.07, 6.45) is 61.0. The van der Waals surface area contributed by atoms with Crippen molar-refractivity contribution in [2.45, 2.75) is 362 Å². The Labute approximate surface area is 431 Å². The van der Waals surface area contributed by atoms with E-state index in [0.29, 0.717) is 19.3 Å². The molecule has 0 spiro atoms. The smallest absolute Gasteiger partial charge is 0.306 e. The van der Waals surface area contributed by atoms with E-state index in [1.54, 1.807) is 0 Å². The number of carbonyl (C=O) groups is 3. The van der Waals surface area contributed by atoms with Crippen molar-refractivity contribution in [1.29, 1.82) is 0 Å². The van der Waals surface area contributed by atoms with E-state index in [-0.39, 0.29) is 31.1 Å². The van der Waals surface area contributed by atoms with Crippen molar-refractivity contribution in [3.8, 4) is 0 Å². The molecule has 1 atom stereocenters. The Morgan fingerprint density at radius 2 is 0.478 bits per heavy atom. The van der Waals surface area contributed by atoms with E-state index in [1.807, 2.05) is 0 Å². The maximum Gasteiger partial charge on any atom is 0.306 e. The Morgan fingerprint density at radius 1 is 0.275 bits per heavy atom. The van der Waals surface area contributed by atoms with Gasteiger partial charge in [0.2, 0.25) is 0 Å². The molecule has 0 amide bonds. The lowest BCUT2D eigenvalue weighted by atomic mass is 10.0. The molecule has 0 aromatic heterocycles. The molecule has 6 nitrogen and oxygen atoms in total. The molecule has 69 heavy (non-hydrogen) atoms. The summed E-state index contributed by atoms with van der Waals surface area (Å²) in [4.78, 5) is 38.3. The standard InChI is InChI=1S/C63H122O6/c1-6-7-8-9-10-11-12-13-14-15-16-17-18-23-28-33-38-43-48-53-61(64)67-56-60(69-63(66)55-50-45-40-35-30-25-20-22-27-32-37-42-47-52-59(4)5)57-68-62(65)54-49-44-39-34-29-24-19-21-26-31-36-41-46-51-58(2)3/h58-60H,6-57H2,1-5H3/t60-/m0/s1. The van der Waals surface area contributed by atoms with Crippen LogP contribution in [0.4, 0.5) is 0 Å². The fourth-order valence-corrected chi connectivity index (χ4v) is 9.76. The van der Waals surface area contributed by atoms with Crippen molar-refractivity contribution in [3.05, 3.63) is 0 Å². The van der Waals surface area contributed by atoms with Gasteiger partial charge >= 0.3 is 17.9 Å². The summed E-state index contributed by atoms with van der Waals surface area (Å²) in [7, 11) is 0. The maximum absolute atomic E-state index is 12.9. The molecule has 410 valence electrons. The molecule has 6 heteroatoms. The van der Waals surface area contributed by atoms with Gasteiger partial charge in [-0.25, -0.2) is 0 Å². The van der Waals surface area contributed by atoms with Crippen LogP contribution >= 0.6 is 0 Å². The van der Waals surface area contributed by atoms with Gasteiger partial charge < -0.3 is 14.2 Å². The van der Waals surface area contributed by atoms with E-state index in [4.69, 9.17) is 14.2 Å². The second-order valence-electron chi connectivity index (χ2n) is 22.6. The van der Waals surface area contributed by atoms with Gasteiger partial charge in [-0.1, -0.05) is 317 Å². The van der Waals surface area contributed by atoms with Gasteiger partial charge in [-0.15, -0.1) is 0 Å². The second-order valence-corrected chi connectivity index (χ2v) is 22.6. The fourth-order valence-electron chi connectivity index (χ4n) is 9.76. The molecule has 0 radical (unpaired) electrons. The Hall–Kier alpha value is -1.59. The highest BCUT2D eigenvalue weighted by atomic mass is 16.6. The van der Waals surface area contributed by atoms with Crippen LogP contribution in [0.25, 0.3) is 0 Å². The minimum atomic E-state index is -0.763. The van der Waals surface area contributed by atoms with Crippen LogP contribution in [-0.4, -0.2) is 37.2 Å². The van der Waals surface area contributed by atoms with Gasteiger partial charge in [0.25, 0.3) is 0 Å². The van der Waals surface area contributed by atoms with Crippen molar-refractivity contribution in [2.75, 3.05) is 13.2 Å². The monoisotopic (exact) mass is 975 g/mol. The van der Waals surface area contributed by atoms with Crippen molar-refractivity contribution in [1.82, 2.24) is 0 Å². The van der Waals surface area contributed by atoms with E-state index >= 15 is 0 Å². The number of hydrogen-bond donors (Lipinski definition) is 0. The molecule has 0 saturated heterocycles. The van der Waals surface area contributed by atoms with Crippen LogP contribution in [0.5, 0.6) is 0 Å². The van der Waals surface area contributed by atoms with E-state index in [1.165, 1.54) is 244 Å². The van der Waals surface area contributed by atoms with Crippen LogP contribution in [0.3, 0.4) is 0 Å². The zero-order valence-corrected chi connectivity index (χ0v) is 47.5. The van der Waals surface area contributed by atoms with Crippen LogP contribution in [0.2, 0.25) is 0 Å². The van der Waals surface area contributed by atoms with E-state index in [9.17, 15) is 14.4 Å². The molecule has 0 aromatic rings. The molecule has 0 aliphatic rings. The molecule has 0 N–H and O–H groups in total. The van der Waals surface area contributed by atoms with E-state index in [0.717, 1.165) is 69.6 Å². The van der Waals surface area contributed by atoms with Crippen molar-refractivity contribution in [3.63, 3.8) is 0 Å². The largest absolute Gasteiger partial charge is 0.462 e. The van der Waals surface area contributed by atoms with Gasteiger partial charge in [-0.3, -0.25) is 14.4 Å². The molecule has 0 aliphatic carbocycles. The first-order valence-electron chi connectivity index (χ1n) is 31.2. The highest BCUT2D eigenvalue weighted by Gasteiger charge is 2.19. The topological polar surface area (TPSA) is 78.9 Å². The number of unbranched alkanes of at least 4 members (excludes halogenated alkanes) is 42. The van der Waals surface area contributed by atoms with Crippen LogP contribution < -0.4 is 0 Å². The molecule has 0 unspecified atom stereocenters. The summed E-state index contributed by atoms with van der Waals surface area (Å²) >= 11 is 0. The van der Waals surface area contributed by atoms with Crippen LogP contribution in [-0.2, 0) is 28.6 Å². The number of carbonyl (C=O) groups excluding carboxylic acids is 3. The maximum atomic E-state index is 12.9. The molecular weight excluding hydrogens is 853 g/mol. The number of hydrogen-bond acceptors (Lipinski definition) is 6. The lowest BCUT2D eigenvalue weighted by Crippen LogP contribution is -2.30. The lowest BCUT2D eigenvalue weighted by molar-refractivity contribution is -0.167. The third-order valence-corrected chi connectivity index (χ3v) is 14.5. The summed E-state index contributed by atoms with van der Waals surface area (Å²) in [5.41, 5.74) is 0. The molecule has 0 rings (SSSR count). The molecule has 0 bridgehead atoms. The zero-order chi connectivity index (χ0) is 50.4. The molecule has 0 aromatic carbocycles. The first kappa shape index (κ1) is 67.4. The van der Waals surface area contributed by atoms with Gasteiger partial charge in [0.05, 0.1) is 0 Å². The SMILES string of the molecule is CCCCCCCCCCCCCCCCCCCCCC(=O)OC[C@@H](COC(=O)CCCCCCCCCCCCCCCC(C)C)OC(=O)CCCCCCCCCCCCCCCC(C)C. The minimum Gasteiger partial charge on any atom is -0.462 e. The lowest BCUT2D eigenvalue weighted by Gasteiger charge is -2.18. The molecule has 0 saturated carbocycles. The second kappa shape index (κ2) is 55.7. The van der Waals surface area contributed by atoms with E-state index in [2.05, 4.69) is 34.6 Å².